The molecule has 15 aromatic rings. The van der Waals surface area contributed by atoms with Crippen LogP contribution < -0.4 is 35.2 Å². The number of aromatic carboxylic acids is 1. The number of carbonyl (C=O) groups is 5. The number of fused-ring (bicyclic) bond motifs is 4. The molecule has 15 heterocycles. The third-order valence-corrected chi connectivity index (χ3v) is 25.0. The molecule has 0 bridgehead atoms. The number of benzene rings is 3. The van der Waals surface area contributed by atoms with Gasteiger partial charge >= 0.3 is 63.9 Å². The smallest absolute Gasteiger partial charge is 0.545 e. The van der Waals surface area contributed by atoms with Gasteiger partial charge in [-0.1, -0.05) is 60.8 Å². The molecule has 37 nitrogen and oxygen atoms in total. The Morgan fingerprint density at radius 1 is 0.460 bits per heavy atom. The van der Waals surface area contributed by atoms with Gasteiger partial charge in [0.05, 0.1) is 96.7 Å². The summed E-state index contributed by atoms with van der Waals surface area (Å²) in [4.78, 5) is 61.4. The van der Waals surface area contributed by atoms with Crippen LogP contribution in [0.25, 0.3) is 39.7 Å². The Labute approximate surface area is 829 Å². The van der Waals surface area contributed by atoms with E-state index in [0.29, 0.717) is 62.3 Å². The number of carboxylic acids is 1. The standard InChI is InChI=1S/C18H15N5O2.C17H13N5O2.C14H18BN3O4.C12H24B2O4.C10H9ClN2.C8H6BrN3O2.C7H5BrClNO2.C6H13NO.Li/c1-25-18(24)16-10-14(11-22-12-19-21-17(16)22)9-13-3-5-15(6-4-13)23-8-2-7-20-23;23-17(24)15-9-13(10-21-11-18-20-16(15)21)8-12-2-4-14(5-3-12)22-7-1-6-19-22;1-13(2)14(3,4)22-15(21-13)9-6-10(12(19)20-5)11-17-16-8-18(11)7-9;1-9(2)10(3,4)16-13(15-9)14-17-11(5,6)12(7,8)18-14;11-8-9-2-4-10(5-3-9)13-7-1-6-12-13;1-14-8(13)6-2-5(9)3-12-4-10-11-7(6)12;1-12-7(11)5-2-4(8)3-10-6(5)9;7-5-3-1-2-4-6(5)8;/h2-8,10-12H,9H2,1H3;1-7,9-11H,8H2,(H,23,24);6-8H,1-5H3;1-8H3;1-7H,8H2;2-4H,1H3;2-3H,1H3;5-6,8H,1-4,7H2;/q;;;;;;;;+1/p-1/t;;;;;;;5-,6-;/m.......0./s1. The van der Waals surface area contributed by atoms with E-state index in [1.807, 2.05) is 214 Å². The largest absolute Gasteiger partial charge is 1.00 e. The SMILES string of the molecule is CC1(C)OB(B2OC(C)(C)C(C)(C)O2)OC1(C)C.COC(=O)c1cc(B2OC(C)(C)C(C)(C)O2)cn2cnnc12.COC(=O)c1cc(Br)cn2cnnc12.COC(=O)c1cc(Br)cnc1Cl.COC(=O)c1cc(Cc2ccc(-n3cccn3)cc2)cn2cnnc12.ClCc1ccc(-n2cccn2)cc1.N[C@H]1CCCC[C@@H]1O.O=C([O-])c1cc(Cc2ccc(-n3cccn3)cc2)cn2cnnc12.[Li+]. The summed E-state index contributed by atoms with van der Waals surface area (Å²) in [6.45, 7) is 24.1. The number of hydrogen-bond acceptors (Lipinski definition) is 30. The second-order valence-electron chi connectivity index (χ2n) is 34.5. The zero-order valence-electron chi connectivity index (χ0n) is 78.6. The molecule has 3 aromatic carbocycles. The molecule has 45 heteroatoms. The van der Waals surface area contributed by atoms with E-state index in [2.05, 4.69) is 102 Å². The molecule has 0 radical (unpaired) electrons. The quantitative estimate of drug-likeness (QED) is 0.0317. The number of alkyl halides is 1. The van der Waals surface area contributed by atoms with Gasteiger partial charge in [-0.3, -0.25) is 17.6 Å². The summed E-state index contributed by atoms with van der Waals surface area (Å²) >= 11 is 17.8. The van der Waals surface area contributed by atoms with Crippen LogP contribution in [0.2, 0.25) is 5.15 Å². The Kier molecular flexibility index (Phi) is 35.6. The minimum Gasteiger partial charge on any atom is -0.545 e. The van der Waals surface area contributed by atoms with Crippen molar-refractivity contribution in [2.24, 2.45) is 5.73 Å². The summed E-state index contributed by atoms with van der Waals surface area (Å²) in [5.41, 5.74) is 15.2. The minimum absolute atomic E-state index is 0. The molecule has 710 valence electrons. The number of carboxylic acid groups (broad SMARTS) is 1. The number of esters is 4. The van der Waals surface area contributed by atoms with Crippen LogP contribution in [-0.2, 0) is 65.6 Å². The molecule has 19 rings (SSSR count). The van der Waals surface area contributed by atoms with E-state index in [1.54, 1.807) is 89.9 Å². The molecular weight excluding hydrogens is 1930 g/mol. The Hall–Kier alpha value is -11.7. The van der Waals surface area contributed by atoms with Gasteiger partial charge in [-0.15, -0.1) is 52.4 Å². The van der Waals surface area contributed by atoms with E-state index < -0.39 is 62.2 Å². The average molecular weight is 2030 g/mol. The molecule has 4 fully saturated rings. The Morgan fingerprint density at radius 2 is 0.796 bits per heavy atom. The second kappa shape index (κ2) is 46.2. The van der Waals surface area contributed by atoms with Crippen molar-refractivity contribution in [3.63, 3.8) is 0 Å². The zero-order chi connectivity index (χ0) is 98.2. The number of rotatable bonds is 15. The maximum atomic E-state index is 12.0. The molecule has 3 aliphatic heterocycles. The molecule has 1 saturated carbocycles. The van der Waals surface area contributed by atoms with Crippen LogP contribution >= 0.6 is 55.1 Å². The van der Waals surface area contributed by atoms with E-state index in [1.165, 1.54) is 60.0 Å². The summed E-state index contributed by atoms with van der Waals surface area (Å²) in [5.74, 6) is -2.52. The number of hydrogen-bond donors (Lipinski definition) is 2. The predicted molar refractivity (Wildman–Crippen MR) is 512 cm³/mol. The summed E-state index contributed by atoms with van der Waals surface area (Å²) in [7, 11) is 3.79. The van der Waals surface area contributed by atoms with Gasteiger partial charge in [0.2, 0.25) is 0 Å². The van der Waals surface area contributed by atoms with E-state index >= 15 is 0 Å². The molecule has 4 aliphatic rings. The number of halogens is 4. The first kappa shape index (κ1) is 106. The van der Waals surface area contributed by atoms with Crippen LogP contribution in [0, 0.1) is 0 Å². The van der Waals surface area contributed by atoms with Gasteiger partial charge in [-0.05, 0) is 253 Å². The van der Waals surface area contributed by atoms with Crippen molar-refractivity contribution in [2.45, 2.75) is 173 Å². The van der Waals surface area contributed by atoms with Gasteiger partial charge in [-0.2, -0.15) is 15.3 Å². The number of carbonyl (C=O) groups excluding carboxylic acids is 5. The van der Waals surface area contributed by atoms with Gasteiger partial charge < -0.3 is 67.6 Å². The average Bonchev–Trinajstić information content (AvgIpc) is 1.59. The molecule has 12 aromatic heterocycles. The predicted octanol–water partition coefficient (Wildman–Crippen LogP) is 9.65. The molecular formula is C92H102B3Br2Cl2LiN20O17. The fourth-order valence-corrected chi connectivity index (χ4v) is 15.0. The number of methoxy groups -OCH3 is 4. The minimum atomic E-state index is -1.26. The number of aliphatic hydroxyl groups excluding tert-OH is 1. The van der Waals surface area contributed by atoms with Gasteiger partial charge in [0, 0.05) is 100 Å². The third-order valence-electron chi connectivity index (χ3n) is 23.5. The van der Waals surface area contributed by atoms with Crippen molar-refractivity contribution < 1.29 is 99.9 Å². The van der Waals surface area contributed by atoms with Gasteiger partial charge in [0.25, 0.3) is 0 Å². The molecule has 137 heavy (non-hydrogen) atoms. The Balaban J connectivity index is 0.000000153. The number of aromatic nitrogens is 19. The summed E-state index contributed by atoms with van der Waals surface area (Å²) in [6.07, 6.45) is 31.1. The van der Waals surface area contributed by atoms with Crippen molar-refractivity contribution in [3.8, 4) is 17.1 Å². The number of pyridine rings is 5. The molecule has 0 amide bonds. The van der Waals surface area contributed by atoms with Crippen LogP contribution in [-0.4, -0.2) is 223 Å². The first-order valence-electron chi connectivity index (χ1n) is 42.8. The van der Waals surface area contributed by atoms with Crippen molar-refractivity contribution in [2.75, 3.05) is 28.4 Å². The molecule has 3 saturated heterocycles. The topological polar surface area (TPSA) is 434 Å². The third kappa shape index (κ3) is 26.2. The molecule has 0 spiro atoms. The number of nitrogens with two attached hydrogens (primary N) is 1. The normalized spacial score (nSPS) is 16.5. The van der Waals surface area contributed by atoms with Crippen LogP contribution in [0.4, 0.5) is 0 Å². The zero-order valence-corrected chi connectivity index (χ0v) is 83.3. The number of ether oxygens (including phenoxy) is 4. The van der Waals surface area contributed by atoms with Gasteiger partial charge in [0.1, 0.15) is 47.2 Å². The van der Waals surface area contributed by atoms with Crippen LogP contribution in [0.1, 0.15) is 188 Å². The maximum Gasteiger partial charge on any atom is 1.00 e. The Bertz CT molecular complexity index is 6510. The monoisotopic (exact) mass is 2030 g/mol. The van der Waals surface area contributed by atoms with Crippen molar-refractivity contribution in [1.29, 1.82) is 0 Å². The molecule has 3 N–H and O–H groups in total. The first-order chi connectivity index (χ1) is 64.6. The van der Waals surface area contributed by atoms with Crippen LogP contribution in [0.5, 0.6) is 0 Å². The maximum absolute atomic E-state index is 12.0. The number of nitrogens with zero attached hydrogens (tertiary/aromatic N) is 19. The molecule has 0 unspecified atom stereocenters. The van der Waals surface area contributed by atoms with E-state index in [4.69, 9.17) is 71.4 Å². The van der Waals surface area contributed by atoms with E-state index in [0.717, 1.165) is 68.6 Å². The summed E-state index contributed by atoms with van der Waals surface area (Å²) < 4.78 is 68.2. The van der Waals surface area contributed by atoms with Crippen LogP contribution in [0.15, 0.2) is 224 Å². The number of aliphatic hydroxyl groups is 1. The summed E-state index contributed by atoms with van der Waals surface area (Å²) in [6, 6.07) is 38.0. The Morgan fingerprint density at radius 3 is 1.15 bits per heavy atom. The van der Waals surface area contributed by atoms with Crippen molar-refractivity contribution in [1.82, 2.24) is 92.7 Å². The van der Waals surface area contributed by atoms with E-state index in [-0.39, 0.29) is 75.3 Å². The van der Waals surface area contributed by atoms with Gasteiger partial charge in [0.15, 0.2) is 22.6 Å². The molecule has 2 atom stereocenters. The van der Waals surface area contributed by atoms with Gasteiger partial charge in [-0.25, -0.2) is 38.2 Å². The fraction of sp³-hybridized carbons (Fsp3) is 0.337. The van der Waals surface area contributed by atoms with E-state index in [9.17, 15) is 29.1 Å². The fourth-order valence-electron chi connectivity index (χ4n) is 13.9. The first-order valence-corrected chi connectivity index (χ1v) is 45.3. The molecule has 1 aliphatic carbocycles. The summed E-state index contributed by atoms with van der Waals surface area (Å²) in [5, 5.41) is 63.7. The van der Waals surface area contributed by atoms with Crippen LogP contribution in [0.3, 0.4) is 0 Å². The van der Waals surface area contributed by atoms with Crippen molar-refractivity contribution in [3.05, 3.63) is 285 Å². The van der Waals surface area contributed by atoms with Crippen molar-refractivity contribution >= 4 is 134 Å². The second-order valence-corrected chi connectivity index (χ2v) is 36.9.